The lowest BCUT2D eigenvalue weighted by molar-refractivity contribution is -0.384. The number of nitro groups is 1. The van der Waals surface area contributed by atoms with Crippen molar-refractivity contribution in [3.63, 3.8) is 0 Å². The molecule has 12 heteroatoms. The number of carbonyl (C=O) groups excluding carboxylic acids is 1. The van der Waals surface area contributed by atoms with Gasteiger partial charge < -0.3 is 9.88 Å². The summed E-state index contributed by atoms with van der Waals surface area (Å²) in [7, 11) is 0. The maximum Gasteiger partial charge on any atom is 0.269 e. The average Bonchev–Trinajstić information content (AvgIpc) is 3.16. The van der Waals surface area contributed by atoms with Crippen molar-refractivity contribution in [2.24, 2.45) is 0 Å². The van der Waals surface area contributed by atoms with Crippen molar-refractivity contribution in [3.8, 4) is 0 Å². The number of amides is 1. The first kappa shape index (κ1) is 25.1. The molecule has 0 fully saturated rings. The van der Waals surface area contributed by atoms with Gasteiger partial charge in [-0.2, -0.15) is 0 Å². The molecule has 0 atom stereocenters. The molecule has 0 radical (unpaired) electrons. The fourth-order valence-electron chi connectivity index (χ4n) is 2.73. The minimum atomic E-state index is -0.492. The van der Waals surface area contributed by atoms with E-state index in [0.29, 0.717) is 38.9 Å². The summed E-state index contributed by atoms with van der Waals surface area (Å²) < 4.78 is 1.91. The van der Waals surface area contributed by atoms with Crippen molar-refractivity contribution < 1.29 is 9.72 Å². The first-order valence-electron chi connectivity index (χ1n) is 9.59. The van der Waals surface area contributed by atoms with Crippen LogP contribution in [0.3, 0.4) is 0 Å². The second kappa shape index (κ2) is 12.1. The predicted octanol–water partition coefficient (Wildman–Crippen LogP) is 5.84. The van der Waals surface area contributed by atoms with Crippen LogP contribution in [-0.4, -0.2) is 31.3 Å². The number of nitrogens with one attached hydrogen (secondary N) is 1. The number of carbonyl (C=O) groups is 1. The number of aromatic nitrogens is 3. The zero-order chi connectivity index (χ0) is 23.8. The van der Waals surface area contributed by atoms with Crippen molar-refractivity contribution >= 4 is 64.0 Å². The Bertz CT molecular complexity index is 1160. The van der Waals surface area contributed by atoms with E-state index in [1.54, 1.807) is 30.0 Å². The van der Waals surface area contributed by atoms with Crippen LogP contribution in [0, 0.1) is 10.1 Å². The van der Waals surface area contributed by atoms with Crippen LogP contribution in [0.15, 0.2) is 60.3 Å². The highest BCUT2D eigenvalue weighted by Crippen LogP contribution is 2.27. The lowest BCUT2D eigenvalue weighted by Crippen LogP contribution is -2.14. The van der Waals surface area contributed by atoms with Gasteiger partial charge in [-0.1, -0.05) is 47.1 Å². The number of anilines is 1. The Hall–Kier alpha value is -2.53. The van der Waals surface area contributed by atoms with Gasteiger partial charge in [-0.15, -0.1) is 28.5 Å². The molecule has 1 aromatic heterocycles. The SMILES string of the molecule is C=CCn1c(CSCc2ccc(Cl)cc2Cl)nnc1SCC(=O)Nc1ccc([N+](=O)[O-])cc1. The largest absolute Gasteiger partial charge is 0.325 e. The minimum Gasteiger partial charge on any atom is -0.325 e. The third kappa shape index (κ3) is 7.23. The molecular weight excluding hydrogens is 505 g/mol. The second-order valence-electron chi connectivity index (χ2n) is 6.67. The Morgan fingerprint density at radius 2 is 1.94 bits per heavy atom. The second-order valence-corrected chi connectivity index (χ2v) is 9.44. The molecule has 2 aromatic carbocycles. The molecule has 3 rings (SSSR count). The molecule has 0 saturated heterocycles. The number of non-ortho nitro benzene ring substituents is 1. The van der Waals surface area contributed by atoms with E-state index in [9.17, 15) is 14.9 Å². The molecule has 0 spiro atoms. The maximum atomic E-state index is 12.3. The van der Waals surface area contributed by atoms with Crippen LogP contribution in [-0.2, 0) is 22.8 Å². The van der Waals surface area contributed by atoms with Crippen LogP contribution in [0.25, 0.3) is 0 Å². The van der Waals surface area contributed by atoms with E-state index in [0.717, 1.165) is 11.4 Å². The molecule has 0 aliphatic carbocycles. The first-order chi connectivity index (χ1) is 15.9. The van der Waals surface area contributed by atoms with E-state index in [1.807, 2.05) is 10.6 Å². The number of allylic oxidation sites excluding steroid dienone is 1. The van der Waals surface area contributed by atoms with Crippen LogP contribution in [0.5, 0.6) is 0 Å². The number of benzene rings is 2. The topological polar surface area (TPSA) is 103 Å². The molecule has 0 saturated carbocycles. The molecule has 1 heterocycles. The lowest BCUT2D eigenvalue weighted by Gasteiger charge is -2.09. The van der Waals surface area contributed by atoms with Crippen molar-refractivity contribution in [1.29, 1.82) is 0 Å². The molecule has 0 unspecified atom stereocenters. The number of nitro benzene ring substituents is 1. The molecule has 33 heavy (non-hydrogen) atoms. The Kier molecular flexibility index (Phi) is 9.19. The summed E-state index contributed by atoms with van der Waals surface area (Å²) in [5.74, 6) is 1.92. The van der Waals surface area contributed by atoms with Crippen LogP contribution >= 0.6 is 46.7 Å². The van der Waals surface area contributed by atoms with Crippen molar-refractivity contribution in [3.05, 3.63) is 86.7 Å². The fourth-order valence-corrected chi connectivity index (χ4v) is 5.02. The van der Waals surface area contributed by atoms with Gasteiger partial charge >= 0.3 is 0 Å². The van der Waals surface area contributed by atoms with Crippen molar-refractivity contribution in [2.75, 3.05) is 11.1 Å². The van der Waals surface area contributed by atoms with Crippen LogP contribution in [0.2, 0.25) is 10.0 Å². The molecule has 172 valence electrons. The minimum absolute atomic E-state index is 0.0383. The average molecular weight is 524 g/mol. The number of hydrogen-bond donors (Lipinski definition) is 1. The summed E-state index contributed by atoms with van der Waals surface area (Å²) in [6.45, 7) is 4.30. The number of rotatable bonds is 11. The van der Waals surface area contributed by atoms with E-state index < -0.39 is 4.92 Å². The summed E-state index contributed by atoms with van der Waals surface area (Å²) in [5.41, 5.74) is 1.43. The fraction of sp³-hybridized carbons (Fsp3) is 0.190. The van der Waals surface area contributed by atoms with E-state index >= 15 is 0 Å². The highest BCUT2D eigenvalue weighted by molar-refractivity contribution is 7.99. The Balaban J connectivity index is 1.56. The number of thioether (sulfide) groups is 2. The molecule has 1 N–H and O–H groups in total. The molecule has 0 aliphatic heterocycles. The smallest absolute Gasteiger partial charge is 0.269 e. The number of nitrogens with zero attached hydrogens (tertiary/aromatic N) is 4. The van der Waals surface area contributed by atoms with Crippen molar-refractivity contribution in [1.82, 2.24) is 14.8 Å². The van der Waals surface area contributed by atoms with E-state index in [4.69, 9.17) is 23.2 Å². The summed E-state index contributed by atoms with van der Waals surface area (Å²) in [5, 5.41) is 23.7. The summed E-state index contributed by atoms with van der Waals surface area (Å²) in [6.07, 6.45) is 1.74. The molecule has 1 amide bonds. The number of halogens is 2. The molecule has 3 aromatic rings. The van der Waals surface area contributed by atoms with Gasteiger partial charge in [0.2, 0.25) is 5.91 Å². The normalized spacial score (nSPS) is 10.7. The molecule has 0 aliphatic rings. The number of hydrogen-bond acceptors (Lipinski definition) is 7. The highest BCUT2D eigenvalue weighted by atomic mass is 35.5. The molecule has 8 nitrogen and oxygen atoms in total. The van der Waals surface area contributed by atoms with Crippen LogP contribution < -0.4 is 5.32 Å². The van der Waals surface area contributed by atoms with Gasteiger partial charge in [0.1, 0.15) is 5.82 Å². The standard InChI is InChI=1S/C21H19Cl2N5O3S2/c1-2-9-27-19(12-32-11-14-3-4-15(22)10-18(14)23)25-26-21(27)33-13-20(29)24-16-5-7-17(8-6-16)28(30)31/h2-8,10H,1,9,11-13H2,(H,24,29). The third-order valence-electron chi connectivity index (χ3n) is 4.30. The van der Waals surface area contributed by atoms with Gasteiger partial charge in [0.15, 0.2) is 5.16 Å². The van der Waals surface area contributed by atoms with E-state index in [-0.39, 0.29) is 17.3 Å². The molecular formula is C21H19Cl2N5O3S2. The zero-order valence-electron chi connectivity index (χ0n) is 17.2. The monoisotopic (exact) mass is 523 g/mol. The molecule has 0 bridgehead atoms. The van der Waals surface area contributed by atoms with Gasteiger partial charge in [0.25, 0.3) is 5.69 Å². The van der Waals surface area contributed by atoms with Gasteiger partial charge in [-0.3, -0.25) is 14.9 Å². The van der Waals surface area contributed by atoms with Gasteiger partial charge in [0.05, 0.1) is 16.4 Å². The van der Waals surface area contributed by atoms with Gasteiger partial charge in [-0.25, -0.2) is 0 Å². The lowest BCUT2D eigenvalue weighted by atomic mass is 10.2. The third-order valence-corrected chi connectivity index (χ3v) is 6.83. The van der Waals surface area contributed by atoms with Crippen LogP contribution in [0.1, 0.15) is 11.4 Å². The predicted molar refractivity (Wildman–Crippen MR) is 134 cm³/mol. The quantitative estimate of drug-likeness (QED) is 0.145. The van der Waals surface area contributed by atoms with Crippen molar-refractivity contribution in [2.45, 2.75) is 23.2 Å². The summed E-state index contributed by atoms with van der Waals surface area (Å²) in [4.78, 5) is 22.5. The Morgan fingerprint density at radius 3 is 2.61 bits per heavy atom. The zero-order valence-corrected chi connectivity index (χ0v) is 20.4. The van der Waals surface area contributed by atoms with Gasteiger partial charge in [-0.05, 0) is 29.8 Å². The Labute approximate surface area is 208 Å². The maximum absolute atomic E-state index is 12.3. The summed E-state index contributed by atoms with van der Waals surface area (Å²) >= 11 is 15.1. The van der Waals surface area contributed by atoms with E-state index in [2.05, 4.69) is 22.1 Å². The van der Waals surface area contributed by atoms with E-state index in [1.165, 1.54) is 36.0 Å². The Morgan fingerprint density at radius 1 is 1.18 bits per heavy atom. The summed E-state index contributed by atoms with van der Waals surface area (Å²) in [6, 6.07) is 11.1. The van der Waals surface area contributed by atoms with Crippen LogP contribution in [0.4, 0.5) is 11.4 Å². The first-order valence-corrected chi connectivity index (χ1v) is 12.5. The van der Waals surface area contributed by atoms with Gasteiger partial charge in [0, 0.05) is 40.2 Å². The highest BCUT2D eigenvalue weighted by Gasteiger charge is 2.14.